The Morgan fingerprint density at radius 1 is 1.30 bits per heavy atom. The lowest BCUT2D eigenvalue weighted by Crippen LogP contribution is -2.38. The lowest BCUT2D eigenvalue weighted by molar-refractivity contribution is -0.0647. The molecule has 0 bridgehead atoms. The summed E-state index contributed by atoms with van der Waals surface area (Å²) in [6.07, 6.45) is 2.24. The van der Waals surface area contributed by atoms with E-state index in [0.29, 0.717) is 12.8 Å². The van der Waals surface area contributed by atoms with Crippen LogP contribution in [0.3, 0.4) is 0 Å². The first-order chi connectivity index (χ1) is 11.1. The molecular weight excluding hydrogens is 299 g/mol. The van der Waals surface area contributed by atoms with E-state index in [1.165, 1.54) is 4.68 Å². The molecule has 0 spiro atoms. The Labute approximate surface area is 134 Å². The smallest absolute Gasteiger partial charge is 0.359 e. The molecule has 5 nitrogen and oxygen atoms in total. The Morgan fingerprint density at radius 2 is 2.00 bits per heavy atom. The van der Waals surface area contributed by atoms with Crippen LogP contribution >= 0.6 is 0 Å². The molecule has 0 saturated heterocycles. The van der Waals surface area contributed by atoms with E-state index in [1.54, 1.807) is 7.11 Å². The number of carbonyl (C=O) groups excluding carboxylic acids is 1. The first-order valence-electron chi connectivity index (χ1n) is 7.62. The van der Waals surface area contributed by atoms with Gasteiger partial charge in [-0.15, -0.1) is 0 Å². The largest absolute Gasteiger partial charge is 0.457 e. The van der Waals surface area contributed by atoms with Gasteiger partial charge in [0.1, 0.15) is 6.10 Å². The second-order valence-corrected chi connectivity index (χ2v) is 5.73. The summed E-state index contributed by atoms with van der Waals surface area (Å²) < 4.78 is 25.9. The molecular formula is C17H19FN2O3. The number of ether oxygens (including phenoxy) is 2. The van der Waals surface area contributed by atoms with Gasteiger partial charge in [-0.3, -0.25) is 0 Å². The van der Waals surface area contributed by atoms with Gasteiger partial charge in [0.2, 0.25) is 0 Å². The second-order valence-electron chi connectivity index (χ2n) is 5.73. The van der Waals surface area contributed by atoms with E-state index in [0.717, 1.165) is 11.8 Å². The minimum Gasteiger partial charge on any atom is -0.457 e. The van der Waals surface area contributed by atoms with Crippen molar-refractivity contribution in [3.63, 3.8) is 0 Å². The van der Waals surface area contributed by atoms with E-state index in [1.807, 2.05) is 37.3 Å². The van der Waals surface area contributed by atoms with E-state index in [-0.39, 0.29) is 23.9 Å². The molecule has 1 fully saturated rings. The van der Waals surface area contributed by atoms with Crippen LogP contribution in [0, 0.1) is 5.82 Å². The SMILES string of the molecule is COC1CC(OC(=O)c2c(F)cnn2[C@H](C)c2ccccc2)C1. The van der Waals surface area contributed by atoms with Crippen molar-refractivity contribution in [1.82, 2.24) is 9.78 Å². The lowest BCUT2D eigenvalue weighted by Gasteiger charge is -2.33. The van der Waals surface area contributed by atoms with Gasteiger partial charge in [-0.1, -0.05) is 30.3 Å². The maximum atomic E-state index is 14.0. The number of nitrogens with zero attached hydrogens (tertiary/aromatic N) is 2. The maximum absolute atomic E-state index is 14.0. The van der Waals surface area contributed by atoms with Gasteiger partial charge >= 0.3 is 5.97 Å². The molecule has 1 atom stereocenters. The summed E-state index contributed by atoms with van der Waals surface area (Å²) in [6.45, 7) is 1.86. The number of benzene rings is 1. The Balaban J connectivity index is 1.77. The molecule has 0 aliphatic heterocycles. The Hall–Kier alpha value is -2.21. The third-order valence-electron chi connectivity index (χ3n) is 4.25. The van der Waals surface area contributed by atoms with Gasteiger partial charge in [0.15, 0.2) is 11.5 Å². The van der Waals surface area contributed by atoms with Crippen LogP contribution in [0.15, 0.2) is 36.5 Å². The first-order valence-corrected chi connectivity index (χ1v) is 7.62. The van der Waals surface area contributed by atoms with Gasteiger partial charge in [0, 0.05) is 20.0 Å². The topological polar surface area (TPSA) is 53.4 Å². The molecule has 2 aromatic rings. The summed E-state index contributed by atoms with van der Waals surface area (Å²) in [5.41, 5.74) is 0.801. The molecule has 122 valence electrons. The molecule has 1 saturated carbocycles. The summed E-state index contributed by atoms with van der Waals surface area (Å²) in [5.74, 6) is -1.34. The Bertz CT molecular complexity index is 680. The summed E-state index contributed by atoms with van der Waals surface area (Å²) in [4.78, 5) is 12.3. The lowest BCUT2D eigenvalue weighted by atomic mass is 9.92. The quantitative estimate of drug-likeness (QED) is 0.795. The Kier molecular flexibility index (Phi) is 4.43. The third-order valence-corrected chi connectivity index (χ3v) is 4.25. The molecule has 1 aliphatic rings. The molecule has 6 heteroatoms. The molecule has 0 N–H and O–H groups in total. The fourth-order valence-electron chi connectivity index (χ4n) is 2.71. The fourth-order valence-corrected chi connectivity index (χ4v) is 2.71. The predicted molar refractivity (Wildman–Crippen MR) is 81.7 cm³/mol. The number of esters is 1. The average Bonchev–Trinajstić information content (AvgIpc) is 2.92. The number of rotatable bonds is 5. The first kappa shape index (κ1) is 15.7. The molecule has 1 heterocycles. The molecule has 0 amide bonds. The van der Waals surface area contributed by atoms with Gasteiger partial charge in [-0.2, -0.15) is 5.10 Å². The van der Waals surface area contributed by atoms with E-state index in [4.69, 9.17) is 9.47 Å². The fraction of sp³-hybridized carbons (Fsp3) is 0.412. The normalized spacial score (nSPS) is 21.5. The van der Waals surface area contributed by atoms with Crippen LogP contribution in [-0.2, 0) is 9.47 Å². The van der Waals surface area contributed by atoms with E-state index < -0.39 is 11.8 Å². The van der Waals surface area contributed by atoms with Crippen LogP contribution in [0.5, 0.6) is 0 Å². The van der Waals surface area contributed by atoms with Crippen molar-refractivity contribution in [1.29, 1.82) is 0 Å². The van der Waals surface area contributed by atoms with Gasteiger partial charge in [0.05, 0.1) is 18.3 Å². The number of halogens is 1. The zero-order valence-electron chi connectivity index (χ0n) is 13.1. The summed E-state index contributed by atoms with van der Waals surface area (Å²) in [5, 5.41) is 4.01. The van der Waals surface area contributed by atoms with Gasteiger partial charge in [-0.25, -0.2) is 13.9 Å². The summed E-state index contributed by atoms with van der Waals surface area (Å²) in [7, 11) is 1.62. The van der Waals surface area contributed by atoms with Gasteiger partial charge in [0.25, 0.3) is 0 Å². The highest BCUT2D eigenvalue weighted by Gasteiger charge is 2.34. The number of aromatic nitrogens is 2. The minimum absolute atomic E-state index is 0.116. The molecule has 1 aromatic carbocycles. The molecule has 0 radical (unpaired) electrons. The molecule has 1 aromatic heterocycles. The van der Waals surface area contributed by atoms with Crippen LogP contribution in [0.2, 0.25) is 0 Å². The van der Waals surface area contributed by atoms with E-state index in [2.05, 4.69) is 5.10 Å². The number of carbonyl (C=O) groups is 1. The van der Waals surface area contributed by atoms with Crippen LogP contribution in [0.25, 0.3) is 0 Å². The van der Waals surface area contributed by atoms with Gasteiger partial charge < -0.3 is 9.47 Å². The van der Waals surface area contributed by atoms with Crippen LogP contribution in [-0.4, -0.2) is 35.1 Å². The highest BCUT2D eigenvalue weighted by Crippen LogP contribution is 2.28. The summed E-state index contributed by atoms with van der Waals surface area (Å²) in [6, 6.07) is 9.24. The van der Waals surface area contributed by atoms with Crippen molar-refractivity contribution in [2.24, 2.45) is 0 Å². The zero-order chi connectivity index (χ0) is 16.4. The van der Waals surface area contributed by atoms with E-state index >= 15 is 0 Å². The van der Waals surface area contributed by atoms with Crippen molar-refractivity contribution < 1.29 is 18.7 Å². The van der Waals surface area contributed by atoms with Crippen LogP contribution < -0.4 is 0 Å². The summed E-state index contributed by atoms with van der Waals surface area (Å²) >= 11 is 0. The van der Waals surface area contributed by atoms with Gasteiger partial charge in [-0.05, 0) is 12.5 Å². The number of hydrogen-bond donors (Lipinski definition) is 0. The Morgan fingerprint density at radius 3 is 2.65 bits per heavy atom. The van der Waals surface area contributed by atoms with Crippen molar-refractivity contribution in [2.45, 2.75) is 38.0 Å². The second kappa shape index (κ2) is 6.50. The predicted octanol–water partition coefficient (Wildman–Crippen LogP) is 2.97. The molecule has 3 rings (SSSR count). The number of methoxy groups -OCH3 is 1. The highest BCUT2D eigenvalue weighted by molar-refractivity contribution is 5.88. The highest BCUT2D eigenvalue weighted by atomic mass is 19.1. The standard InChI is InChI=1S/C17H19FN2O3/c1-11(12-6-4-3-5-7-12)20-16(15(18)10-19-20)17(21)23-14-8-13(9-14)22-2/h3-7,10-11,13-14H,8-9H2,1-2H3/t11-,13?,14?/m1/s1. The van der Waals surface area contributed by atoms with Crippen molar-refractivity contribution in [3.05, 3.63) is 53.6 Å². The zero-order valence-corrected chi connectivity index (χ0v) is 13.1. The maximum Gasteiger partial charge on any atom is 0.359 e. The molecule has 0 unspecified atom stereocenters. The van der Waals surface area contributed by atoms with E-state index in [9.17, 15) is 9.18 Å². The minimum atomic E-state index is -0.678. The number of hydrogen-bond acceptors (Lipinski definition) is 4. The van der Waals surface area contributed by atoms with Crippen molar-refractivity contribution in [2.75, 3.05) is 7.11 Å². The van der Waals surface area contributed by atoms with Crippen LogP contribution in [0.1, 0.15) is 41.9 Å². The van der Waals surface area contributed by atoms with Crippen LogP contribution in [0.4, 0.5) is 4.39 Å². The van der Waals surface area contributed by atoms with Crippen molar-refractivity contribution >= 4 is 5.97 Å². The van der Waals surface area contributed by atoms with Crippen molar-refractivity contribution in [3.8, 4) is 0 Å². The average molecular weight is 318 g/mol. The molecule has 23 heavy (non-hydrogen) atoms. The molecule has 1 aliphatic carbocycles. The monoisotopic (exact) mass is 318 g/mol. The third kappa shape index (κ3) is 3.12.